The molecule has 2 rings (SSSR count). The summed E-state index contributed by atoms with van der Waals surface area (Å²) in [5, 5.41) is 3.72. The maximum atomic E-state index is 13.7. The van der Waals surface area contributed by atoms with Gasteiger partial charge in [0.2, 0.25) is 11.9 Å². The predicted molar refractivity (Wildman–Crippen MR) is 60.9 cm³/mol. The van der Waals surface area contributed by atoms with Gasteiger partial charge in [-0.3, -0.25) is 0 Å². The molecule has 0 radical (unpaired) electrons. The van der Waals surface area contributed by atoms with E-state index in [0.29, 0.717) is 0 Å². The van der Waals surface area contributed by atoms with Gasteiger partial charge in [0.05, 0.1) is 13.7 Å². The van der Waals surface area contributed by atoms with E-state index in [1.807, 2.05) is 0 Å². The average Bonchev–Trinajstić information content (AvgIpc) is 2.62. The zero-order chi connectivity index (χ0) is 13.3. The van der Waals surface area contributed by atoms with E-state index in [4.69, 9.17) is 16.2 Å². The van der Waals surface area contributed by atoms with Gasteiger partial charge in [-0.15, -0.1) is 5.10 Å². The molecule has 4 N–H and O–H groups in total. The number of anilines is 2. The monoisotopic (exact) mass is 255 g/mol. The van der Waals surface area contributed by atoms with E-state index in [9.17, 15) is 8.78 Å². The van der Waals surface area contributed by atoms with Gasteiger partial charge in [0.15, 0.2) is 0 Å². The number of nitrogens with two attached hydrogens (primary N) is 2. The Hall–Kier alpha value is -2.38. The highest BCUT2D eigenvalue weighted by Crippen LogP contribution is 2.21. The minimum Gasteiger partial charge on any atom is -0.497 e. The topological polar surface area (TPSA) is 92.0 Å². The Labute approximate surface area is 101 Å². The van der Waals surface area contributed by atoms with Crippen molar-refractivity contribution in [3.8, 4) is 5.75 Å². The summed E-state index contributed by atoms with van der Waals surface area (Å²) in [7, 11) is 1.32. The van der Waals surface area contributed by atoms with Gasteiger partial charge < -0.3 is 16.2 Å². The fourth-order valence-corrected chi connectivity index (χ4v) is 1.49. The van der Waals surface area contributed by atoms with Crippen LogP contribution in [0.2, 0.25) is 0 Å². The van der Waals surface area contributed by atoms with Gasteiger partial charge in [0, 0.05) is 17.7 Å². The molecule has 8 heteroatoms. The third-order valence-electron chi connectivity index (χ3n) is 2.37. The standard InChI is InChI=1S/C10H11F2N5O/c1-18-5-2-7(11)6(8(12)3-5)4-17-10(14)15-9(13)16-17/h2-3H,4H2,1H3,(H4,13,14,15,16). The van der Waals surface area contributed by atoms with Crippen LogP contribution in [0.5, 0.6) is 5.75 Å². The van der Waals surface area contributed by atoms with Crippen LogP contribution in [0.4, 0.5) is 20.7 Å². The van der Waals surface area contributed by atoms with Crippen molar-refractivity contribution in [2.75, 3.05) is 18.6 Å². The van der Waals surface area contributed by atoms with Crippen molar-refractivity contribution >= 4 is 11.9 Å². The Morgan fingerprint density at radius 2 is 1.89 bits per heavy atom. The molecule has 0 saturated carbocycles. The Bertz CT molecular complexity index is 561. The zero-order valence-corrected chi connectivity index (χ0v) is 9.52. The maximum Gasteiger partial charge on any atom is 0.241 e. The second-order valence-electron chi connectivity index (χ2n) is 3.56. The van der Waals surface area contributed by atoms with E-state index in [0.717, 1.165) is 16.8 Å². The molecule has 0 amide bonds. The second-order valence-corrected chi connectivity index (χ2v) is 3.56. The van der Waals surface area contributed by atoms with Crippen LogP contribution in [-0.2, 0) is 6.54 Å². The van der Waals surface area contributed by atoms with Gasteiger partial charge in [-0.1, -0.05) is 0 Å². The summed E-state index contributed by atoms with van der Waals surface area (Å²) in [6, 6.07) is 2.16. The number of rotatable bonds is 3. The number of hydrogen-bond acceptors (Lipinski definition) is 5. The molecule has 0 saturated heterocycles. The molecule has 0 unspecified atom stereocenters. The highest BCUT2D eigenvalue weighted by atomic mass is 19.1. The Morgan fingerprint density at radius 1 is 1.28 bits per heavy atom. The van der Waals surface area contributed by atoms with Crippen molar-refractivity contribution in [3.63, 3.8) is 0 Å². The number of hydrogen-bond donors (Lipinski definition) is 2. The molecule has 0 aliphatic rings. The molecule has 0 atom stereocenters. The molecule has 0 bridgehead atoms. The minimum absolute atomic E-state index is 0.0119. The largest absolute Gasteiger partial charge is 0.497 e. The fourth-order valence-electron chi connectivity index (χ4n) is 1.49. The first kappa shape index (κ1) is 12.1. The fraction of sp³-hybridized carbons (Fsp3) is 0.200. The molecule has 0 fully saturated rings. The summed E-state index contributed by atoms with van der Waals surface area (Å²) in [6.45, 7) is -0.197. The molecule has 0 aliphatic heterocycles. The lowest BCUT2D eigenvalue weighted by Crippen LogP contribution is -2.10. The van der Waals surface area contributed by atoms with Crippen molar-refractivity contribution in [2.24, 2.45) is 0 Å². The molecular formula is C10H11F2N5O. The third kappa shape index (κ3) is 2.17. The number of benzene rings is 1. The highest BCUT2D eigenvalue weighted by Gasteiger charge is 2.14. The molecule has 6 nitrogen and oxygen atoms in total. The van der Waals surface area contributed by atoms with Crippen LogP contribution >= 0.6 is 0 Å². The molecule has 1 aromatic carbocycles. The Balaban J connectivity index is 2.37. The Morgan fingerprint density at radius 3 is 2.33 bits per heavy atom. The molecule has 1 aromatic heterocycles. The first-order valence-electron chi connectivity index (χ1n) is 4.99. The molecule has 1 heterocycles. The van der Waals surface area contributed by atoms with Gasteiger partial charge >= 0.3 is 0 Å². The number of aromatic nitrogens is 3. The van der Waals surface area contributed by atoms with Crippen LogP contribution < -0.4 is 16.2 Å². The molecule has 0 spiro atoms. The van der Waals surface area contributed by atoms with Gasteiger partial charge in [0.1, 0.15) is 17.4 Å². The smallest absolute Gasteiger partial charge is 0.241 e. The highest BCUT2D eigenvalue weighted by molar-refractivity contribution is 5.32. The molecule has 96 valence electrons. The molecule has 18 heavy (non-hydrogen) atoms. The number of nitrogen functional groups attached to an aromatic ring is 2. The first-order valence-corrected chi connectivity index (χ1v) is 4.99. The van der Waals surface area contributed by atoms with Crippen molar-refractivity contribution in [1.82, 2.24) is 14.8 Å². The summed E-state index contributed by atoms with van der Waals surface area (Å²) >= 11 is 0. The molecule has 2 aromatic rings. The van der Waals surface area contributed by atoms with Crippen molar-refractivity contribution < 1.29 is 13.5 Å². The van der Waals surface area contributed by atoms with Crippen molar-refractivity contribution in [2.45, 2.75) is 6.54 Å². The summed E-state index contributed by atoms with van der Waals surface area (Å²) in [6.07, 6.45) is 0. The SMILES string of the molecule is COc1cc(F)c(Cn2nc(N)nc2N)c(F)c1. The normalized spacial score (nSPS) is 10.6. The lowest BCUT2D eigenvalue weighted by atomic mass is 10.2. The lowest BCUT2D eigenvalue weighted by Gasteiger charge is -2.08. The average molecular weight is 255 g/mol. The second kappa shape index (κ2) is 4.47. The van der Waals surface area contributed by atoms with E-state index < -0.39 is 11.6 Å². The van der Waals surface area contributed by atoms with E-state index in [1.54, 1.807) is 0 Å². The Kier molecular flexibility index (Phi) is 3.00. The number of methoxy groups -OCH3 is 1. The molecular weight excluding hydrogens is 244 g/mol. The van der Waals surface area contributed by atoms with Crippen LogP contribution in [0.15, 0.2) is 12.1 Å². The maximum absolute atomic E-state index is 13.7. The van der Waals surface area contributed by atoms with Gasteiger partial charge in [-0.05, 0) is 0 Å². The summed E-state index contributed by atoms with van der Waals surface area (Å²) < 4.78 is 33.2. The van der Waals surface area contributed by atoms with Crippen LogP contribution in [0.3, 0.4) is 0 Å². The first-order chi connectivity index (χ1) is 8.51. The van der Waals surface area contributed by atoms with E-state index in [-0.39, 0.29) is 29.8 Å². The zero-order valence-electron chi connectivity index (χ0n) is 9.52. The number of ether oxygens (including phenoxy) is 1. The van der Waals surface area contributed by atoms with Crippen LogP contribution in [0.1, 0.15) is 5.56 Å². The lowest BCUT2D eigenvalue weighted by molar-refractivity contribution is 0.404. The summed E-state index contributed by atoms with van der Waals surface area (Å²) in [5.74, 6) is -1.47. The van der Waals surface area contributed by atoms with Gasteiger partial charge in [-0.2, -0.15) is 4.98 Å². The number of nitrogens with zero attached hydrogens (tertiary/aromatic N) is 3. The van der Waals surface area contributed by atoms with Crippen LogP contribution in [0, 0.1) is 11.6 Å². The minimum atomic E-state index is -0.750. The third-order valence-corrected chi connectivity index (χ3v) is 2.37. The van der Waals surface area contributed by atoms with Crippen molar-refractivity contribution in [1.29, 1.82) is 0 Å². The van der Waals surface area contributed by atoms with E-state index >= 15 is 0 Å². The number of halogens is 2. The van der Waals surface area contributed by atoms with E-state index in [2.05, 4.69) is 10.1 Å². The molecule has 0 aliphatic carbocycles. The predicted octanol–water partition coefficient (Wildman–Crippen LogP) is 0.778. The van der Waals surface area contributed by atoms with Crippen molar-refractivity contribution in [3.05, 3.63) is 29.3 Å². The van der Waals surface area contributed by atoms with E-state index in [1.165, 1.54) is 7.11 Å². The van der Waals surface area contributed by atoms with Gasteiger partial charge in [0.25, 0.3) is 0 Å². The van der Waals surface area contributed by atoms with Crippen LogP contribution in [0.25, 0.3) is 0 Å². The summed E-state index contributed by atoms with van der Waals surface area (Å²) in [4.78, 5) is 3.64. The summed E-state index contributed by atoms with van der Waals surface area (Å²) in [5.41, 5.74) is 10.6. The van der Waals surface area contributed by atoms with Crippen LogP contribution in [-0.4, -0.2) is 21.9 Å². The van der Waals surface area contributed by atoms with Gasteiger partial charge in [-0.25, -0.2) is 13.5 Å². The quantitative estimate of drug-likeness (QED) is 0.845.